The molecule has 0 aliphatic rings. The van der Waals surface area contributed by atoms with Crippen LogP contribution in [0.4, 0.5) is 13.2 Å². The van der Waals surface area contributed by atoms with Gasteiger partial charge in [0.05, 0.1) is 19.4 Å². The van der Waals surface area contributed by atoms with E-state index in [1.54, 1.807) is 0 Å². The Morgan fingerprint density at radius 2 is 2.05 bits per heavy atom. The molecule has 0 saturated carbocycles. The van der Waals surface area contributed by atoms with E-state index >= 15 is 0 Å². The van der Waals surface area contributed by atoms with Crippen molar-refractivity contribution in [2.45, 2.75) is 18.7 Å². The van der Waals surface area contributed by atoms with E-state index in [2.05, 4.69) is 9.47 Å². The molecule has 0 bridgehead atoms. The van der Waals surface area contributed by atoms with E-state index in [1.807, 2.05) is 4.98 Å². The number of nitrogens with one attached hydrogen (secondary N) is 1. The van der Waals surface area contributed by atoms with Crippen LogP contribution in [-0.4, -0.2) is 24.4 Å². The average molecular weight is 300 g/mol. The highest BCUT2D eigenvalue weighted by Crippen LogP contribution is 2.28. The Morgan fingerprint density at radius 3 is 2.53 bits per heavy atom. The predicted molar refractivity (Wildman–Crippen MR) is 59.0 cm³/mol. The third kappa shape index (κ3) is 4.16. The number of hydrogen-bond acceptors (Lipinski definition) is 4. The molecular weight excluding hydrogens is 291 g/mol. The number of pyridine rings is 1. The molecule has 1 N–H and O–H groups in total. The van der Waals surface area contributed by atoms with E-state index in [9.17, 15) is 22.8 Å². The first kappa shape index (κ1) is 15.4. The first-order valence-corrected chi connectivity index (χ1v) is 5.44. The van der Waals surface area contributed by atoms with E-state index in [1.165, 1.54) is 0 Å². The number of alkyl halides is 4. The Labute approximate surface area is 110 Å². The Balaban J connectivity index is 3.25. The van der Waals surface area contributed by atoms with Crippen LogP contribution in [0.15, 0.2) is 11.0 Å². The maximum Gasteiger partial charge on any atom is 0.573 e. The highest BCUT2D eigenvalue weighted by atomic mass is 35.5. The van der Waals surface area contributed by atoms with Crippen molar-refractivity contribution in [3.8, 4) is 5.75 Å². The fourth-order valence-corrected chi connectivity index (χ4v) is 1.65. The van der Waals surface area contributed by atoms with Crippen molar-refractivity contribution in [1.82, 2.24) is 4.98 Å². The van der Waals surface area contributed by atoms with Gasteiger partial charge in [0.2, 0.25) is 0 Å². The van der Waals surface area contributed by atoms with Crippen LogP contribution in [0.3, 0.4) is 0 Å². The molecule has 0 aliphatic carbocycles. The number of aromatic amines is 1. The van der Waals surface area contributed by atoms with Crippen molar-refractivity contribution in [3.63, 3.8) is 0 Å². The van der Waals surface area contributed by atoms with Crippen LogP contribution in [0.2, 0.25) is 0 Å². The van der Waals surface area contributed by atoms with Crippen molar-refractivity contribution in [1.29, 1.82) is 0 Å². The normalized spacial score (nSPS) is 11.2. The summed E-state index contributed by atoms with van der Waals surface area (Å²) in [6.07, 6.45) is -4.68. The first-order chi connectivity index (χ1) is 8.78. The SMILES string of the molecule is COC(=O)Cc1c(CCl)c(OC(F)(F)F)c[nH]c1=O. The van der Waals surface area contributed by atoms with Crippen LogP contribution < -0.4 is 10.3 Å². The summed E-state index contributed by atoms with van der Waals surface area (Å²) in [5, 5.41) is 0. The van der Waals surface area contributed by atoms with Crippen molar-refractivity contribution >= 4 is 17.6 Å². The molecule has 0 fully saturated rings. The van der Waals surface area contributed by atoms with Gasteiger partial charge >= 0.3 is 12.3 Å². The summed E-state index contributed by atoms with van der Waals surface area (Å²) in [4.78, 5) is 24.7. The van der Waals surface area contributed by atoms with Crippen molar-refractivity contribution in [2.24, 2.45) is 0 Å². The van der Waals surface area contributed by atoms with Crippen LogP contribution >= 0.6 is 11.6 Å². The van der Waals surface area contributed by atoms with Gasteiger partial charge in [0.15, 0.2) is 0 Å². The standard InChI is InChI=1S/C10H9ClF3NO4/c1-18-8(16)2-5-6(3-11)7(4-15-9(5)17)19-10(12,13)14/h4H,2-3H2,1H3,(H,15,17). The molecule has 0 amide bonds. The molecule has 0 unspecified atom stereocenters. The topological polar surface area (TPSA) is 68.4 Å². The average Bonchev–Trinajstić information content (AvgIpc) is 2.31. The minimum absolute atomic E-state index is 0.201. The lowest BCUT2D eigenvalue weighted by atomic mass is 10.1. The number of carbonyl (C=O) groups excluding carboxylic acids is 1. The number of aromatic nitrogens is 1. The number of hydrogen-bond donors (Lipinski definition) is 1. The van der Waals surface area contributed by atoms with Gasteiger partial charge in [0.1, 0.15) is 5.75 Å². The Hall–Kier alpha value is -1.70. The maximum absolute atomic E-state index is 12.2. The summed E-state index contributed by atoms with van der Waals surface area (Å²) in [6, 6.07) is 0. The minimum atomic E-state index is -4.93. The number of esters is 1. The number of methoxy groups -OCH3 is 1. The molecule has 9 heteroatoms. The molecule has 1 aromatic heterocycles. The van der Waals surface area contributed by atoms with Gasteiger partial charge < -0.3 is 14.5 Å². The number of halogens is 4. The fraction of sp³-hybridized carbons (Fsp3) is 0.400. The molecule has 106 valence electrons. The molecule has 0 aromatic carbocycles. The van der Waals surface area contributed by atoms with E-state index in [4.69, 9.17) is 11.6 Å². The molecular formula is C10H9ClF3NO4. The molecule has 19 heavy (non-hydrogen) atoms. The van der Waals surface area contributed by atoms with Gasteiger partial charge in [-0.1, -0.05) is 0 Å². The Morgan fingerprint density at radius 1 is 1.42 bits per heavy atom. The number of carbonyl (C=O) groups is 1. The van der Waals surface area contributed by atoms with Gasteiger partial charge in [-0.05, 0) is 0 Å². The summed E-state index contributed by atoms with van der Waals surface area (Å²) in [5.41, 5.74) is -1.15. The lowest BCUT2D eigenvalue weighted by Gasteiger charge is -2.14. The minimum Gasteiger partial charge on any atom is -0.469 e. The van der Waals surface area contributed by atoms with E-state index < -0.39 is 35.9 Å². The van der Waals surface area contributed by atoms with Crippen LogP contribution in [-0.2, 0) is 21.8 Å². The third-order valence-corrected chi connectivity index (χ3v) is 2.45. The van der Waals surface area contributed by atoms with Gasteiger partial charge in [-0.2, -0.15) is 0 Å². The highest BCUT2D eigenvalue weighted by molar-refractivity contribution is 6.17. The largest absolute Gasteiger partial charge is 0.573 e. The quantitative estimate of drug-likeness (QED) is 0.679. The summed E-state index contributed by atoms with van der Waals surface area (Å²) in [5.74, 6) is -1.84. The van der Waals surface area contributed by atoms with Crippen molar-refractivity contribution in [3.05, 3.63) is 27.7 Å². The van der Waals surface area contributed by atoms with Gasteiger partial charge in [0, 0.05) is 17.3 Å². The van der Waals surface area contributed by atoms with Crippen molar-refractivity contribution in [2.75, 3.05) is 7.11 Å². The monoisotopic (exact) mass is 299 g/mol. The second kappa shape index (κ2) is 5.96. The van der Waals surface area contributed by atoms with Gasteiger partial charge in [0.25, 0.3) is 5.56 Å². The maximum atomic E-state index is 12.2. The molecule has 0 aliphatic heterocycles. The van der Waals surface area contributed by atoms with E-state index in [0.29, 0.717) is 0 Å². The number of H-pyrrole nitrogens is 1. The molecule has 1 rings (SSSR count). The second-order valence-electron chi connectivity index (χ2n) is 3.37. The van der Waals surface area contributed by atoms with Gasteiger partial charge in [-0.3, -0.25) is 9.59 Å². The van der Waals surface area contributed by atoms with E-state index in [-0.39, 0.29) is 11.1 Å². The van der Waals surface area contributed by atoms with Crippen molar-refractivity contribution < 1.29 is 27.4 Å². The first-order valence-electron chi connectivity index (χ1n) is 4.90. The van der Waals surface area contributed by atoms with Crippen LogP contribution in [0.25, 0.3) is 0 Å². The molecule has 0 radical (unpaired) electrons. The lowest BCUT2D eigenvalue weighted by Crippen LogP contribution is -2.23. The molecule has 1 aromatic rings. The smallest absolute Gasteiger partial charge is 0.469 e. The van der Waals surface area contributed by atoms with Gasteiger partial charge in [-0.15, -0.1) is 24.8 Å². The summed E-state index contributed by atoms with van der Waals surface area (Å²) < 4.78 is 44.6. The zero-order valence-electron chi connectivity index (χ0n) is 9.64. The molecule has 0 saturated heterocycles. The van der Waals surface area contributed by atoms with Crippen LogP contribution in [0, 0.1) is 0 Å². The lowest BCUT2D eigenvalue weighted by molar-refractivity contribution is -0.275. The zero-order valence-corrected chi connectivity index (χ0v) is 10.4. The Bertz CT molecular complexity index is 526. The predicted octanol–water partition coefficient (Wildman–Crippen LogP) is 1.73. The second-order valence-corrected chi connectivity index (χ2v) is 3.64. The number of rotatable bonds is 4. The zero-order chi connectivity index (χ0) is 14.6. The molecule has 5 nitrogen and oxygen atoms in total. The third-order valence-electron chi connectivity index (χ3n) is 2.18. The van der Waals surface area contributed by atoms with Gasteiger partial charge in [-0.25, -0.2) is 0 Å². The summed E-state index contributed by atoms with van der Waals surface area (Å²) >= 11 is 5.51. The fourth-order valence-electron chi connectivity index (χ4n) is 1.36. The molecule has 0 atom stereocenters. The molecule has 1 heterocycles. The van der Waals surface area contributed by atoms with Crippen LogP contribution in [0.1, 0.15) is 11.1 Å². The highest BCUT2D eigenvalue weighted by Gasteiger charge is 2.33. The summed E-state index contributed by atoms with van der Waals surface area (Å²) in [7, 11) is 1.09. The molecule has 0 spiro atoms. The number of ether oxygens (including phenoxy) is 2. The summed E-state index contributed by atoms with van der Waals surface area (Å²) in [6.45, 7) is 0. The van der Waals surface area contributed by atoms with Crippen LogP contribution in [0.5, 0.6) is 5.75 Å². The van der Waals surface area contributed by atoms with E-state index in [0.717, 1.165) is 13.3 Å². The Kier molecular flexibility index (Phi) is 4.82.